The highest BCUT2D eigenvalue weighted by Crippen LogP contribution is 2.66. The molecule has 3 heteroatoms. The van der Waals surface area contributed by atoms with Crippen molar-refractivity contribution in [1.29, 1.82) is 0 Å². The second kappa shape index (κ2) is 11.2. The molecule has 0 aliphatic heterocycles. The van der Waals surface area contributed by atoms with Crippen LogP contribution in [0.3, 0.4) is 0 Å². The minimum absolute atomic E-state index is 0.462. The first-order valence-corrected chi connectivity index (χ1v) is 21.0. The Kier molecular flexibility index (Phi) is 6.66. The van der Waals surface area contributed by atoms with Crippen LogP contribution in [0.4, 0.5) is 0 Å². The van der Waals surface area contributed by atoms with Gasteiger partial charge in [-0.3, -0.25) is 0 Å². The summed E-state index contributed by atoms with van der Waals surface area (Å²) in [6, 6.07) is 52.4. The maximum absolute atomic E-state index is 2.63. The maximum Gasteiger partial charge on any atom is 0.0736 e. The molecule has 3 aromatic heterocycles. The van der Waals surface area contributed by atoms with E-state index in [-0.39, 0.29) is 0 Å². The van der Waals surface area contributed by atoms with Crippen molar-refractivity contribution in [2.45, 2.75) is 38.5 Å². The van der Waals surface area contributed by atoms with E-state index in [1.54, 1.807) is 0 Å². The number of thiophene rings is 3. The average Bonchev–Trinajstić information content (AvgIpc) is 3.99. The first kappa shape index (κ1) is 31.5. The van der Waals surface area contributed by atoms with Crippen LogP contribution in [0.1, 0.15) is 66.8 Å². The van der Waals surface area contributed by atoms with Crippen molar-refractivity contribution in [3.05, 3.63) is 211 Å². The molecular weight excluding hydrogens is 697 g/mol. The molecule has 0 amide bonds. The van der Waals surface area contributed by atoms with E-state index in [1.165, 1.54) is 108 Å². The van der Waals surface area contributed by atoms with Crippen molar-refractivity contribution in [3.8, 4) is 21.6 Å². The molecule has 2 aliphatic rings. The lowest BCUT2D eigenvalue weighted by Crippen LogP contribution is -2.30. The van der Waals surface area contributed by atoms with Crippen LogP contribution in [0.15, 0.2) is 144 Å². The van der Waals surface area contributed by atoms with Crippen LogP contribution in [0.2, 0.25) is 0 Å². The Hall–Kier alpha value is -5.06. The Bertz CT molecular complexity index is 2800. The van der Waals surface area contributed by atoms with Gasteiger partial charge in [-0.15, -0.1) is 34.0 Å². The van der Waals surface area contributed by atoms with Crippen LogP contribution in [0, 0.1) is 27.7 Å². The number of hydrogen-bond acceptors (Lipinski definition) is 3. The van der Waals surface area contributed by atoms with Crippen molar-refractivity contribution in [2.24, 2.45) is 0 Å². The normalized spacial score (nSPS) is 14.7. The van der Waals surface area contributed by atoms with E-state index >= 15 is 0 Å². The first-order chi connectivity index (χ1) is 25.9. The van der Waals surface area contributed by atoms with Crippen molar-refractivity contribution < 1.29 is 0 Å². The number of aryl methyl sites for hydroxylation is 4. The molecule has 0 saturated heterocycles. The van der Waals surface area contributed by atoms with Gasteiger partial charge in [0.1, 0.15) is 0 Å². The summed E-state index contributed by atoms with van der Waals surface area (Å²) in [5, 5.41) is 5.83. The first-order valence-electron chi connectivity index (χ1n) is 18.4. The van der Waals surface area contributed by atoms with Gasteiger partial charge >= 0.3 is 0 Å². The third-order valence-electron chi connectivity index (χ3n) is 12.1. The smallest absolute Gasteiger partial charge is 0.0736 e. The molecule has 0 fully saturated rings. The van der Waals surface area contributed by atoms with Gasteiger partial charge in [-0.05, 0) is 136 Å². The number of hydrogen-bond donors (Lipinski definition) is 0. The summed E-state index contributed by atoms with van der Waals surface area (Å²) >= 11 is 5.71. The van der Waals surface area contributed by atoms with E-state index in [4.69, 9.17) is 0 Å². The van der Waals surface area contributed by atoms with E-state index < -0.39 is 10.8 Å². The Morgan fingerprint density at radius 1 is 0.396 bits per heavy atom. The molecule has 0 saturated carbocycles. The van der Waals surface area contributed by atoms with Crippen LogP contribution >= 0.6 is 34.0 Å². The predicted molar refractivity (Wildman–Crippen MR) is 229 cm³/mol. The lowest BCUT2D eigenvalue weighted by atomic mass is 9.65. The van der Waals surface area contributed by atoms with Gasteiger partial charge in [0.25, 0.3) is 0 Å². The molecule has 254 valence electrons. The lowest BCUT2D eigenvalue weighted by Gasteiger charge is -2.35. The molecule has 0 unspecified atom stereocenters. The molecule has 0 N–H and O–H groups in total. The van der Waals surface area contributed by atoms with Crippen LogP contribution in [0.25, 0.3) is 41.1 Å². The van der Waals surface area contributed by atoms with Crippen molar-refractivity contribution >= 4 is 53.5 Å². The maximum atomic E-state index is 2.63. The molecule has 0 atom stereocenters. The molecule has 0 nitrogen and oxygen atoms in total. The summed E-state index contributed by atoms with van der Waals surface area (Å²) in [6.07, 6.45) is 0. The van der Waals surface area contributed by atoms with Crippen LogP contribution < -0.4 is 0 Å². The largest absolute Gasteiger partial charge is 0.144 e. The highest BCUT2D eigenvalue weighted by Gasteiger charge is 2.53. The molecule has 0 bridgehead atoms. The van der Waals surface area contributed by atoms with E-state index in [0.29, 0.717) is 0 Å². The minimum Gasteiger partial charge on any atom is -0.144 e. The fourth-order valence-electron chi connectivity index (χ4n) is 9.58. The summed E-state index contributed by atoms with van der Waals surface area (Å²) in [7, 11) is 0. The zero-order chi connectivity index (χ0) is 35.6. The number of fused-ring (bicyclic) bond motifs is 9. The van der Waals surface area contributed by atoms with Gasteiger partial charge in [-0.25, -0.2) is 0 Å². The molecule has 0 spiro atoms. The van der Waals surface area contributed by atoms with E-state index in [9.17, 15) is 0 Å². The molecule has 9 aromatic rings. The van der Waals surface area contributed by atoms with Crippen LogP contribution in [-0.4, -0.2) is 0 Å². The fraction of sp³-hybridized carbons (Fsp3) is 0.120. The average molecular weight is 733 g/mol. The van der Waals surface area contributed by atoms with Gasteiger partial charge in [0.05, 0.1) is 15.5 Å². The topological polar surface area (TPSA) is 0 Å². The van der Waals surface area contributed by atoms with Gasteiger partial charge < -0.3 is 0 Å². The van der Waals surface area contributed by atoms with Gasteiger partial charge in [0.2, 0.25) is 0 Å². The van der Waals surface area contributed by atoms with Gasteiger partial charge in [-0.2, -0.15) is 0 Å². The fourth-order valence-corrected chi connectivity index (χ4v) is 12.9. The third kappa shape index (κ3) is 4.16. The second-order valence-electron chi connectivity index (χ2n) is 15.2. The lowest BCUT2D eigenvalue weighted by molar-refractivity contribution is 0.762. The molecule has 53 heavy (non-hydrogen) atoms. The Morgan fingerprint density at radius 2 is 0.849 bits per heavy atom. The molecular formula is C50H36S3. The summed E-state index contributed by atoms with van der Waals surface area (Å²) in [5.41, 5.74) is 19.1. The third-order valence-corrected chi connectivity index (χ3v) is 15.2. The Balaban J connectivity index is 1.33. The highest BCUT2D eigenvalue weighted by molar-refractivity contribution is 7.29. The molecule has 6 aromatic carbocycles. The van der Waals surface area contributed by atoms with Gasteiger partial charge in [0, 0.05) is 19.8 Å². The van der Waals surface area contributed by atoms with E-state index in [0.717, 1.165) is 0 Å². The summed E-state index contributed by atoms with van der Waals surface area (Å²) < 4.78 is 4.12. The number of rotatable bonds is 4. The van der Waals surface area contributed by atoms with Gasteiger partial charge in [0.15, 0.2) is 0 Å². The zero-order valence-corrected chi connectivity index (χ0v) is 32.5. The summed E-state index contributed by atoms with van der Waals surface area (Å²) in [4.78, 5) is 1.41. The number of benzene rings is 6. The monoisotopic (exact) mass is 732 g/mol. The molecule has 3 heterocycles. The zero-order valence-electron chi connectivity index (χ0n) is 30.1. The summed E-state index contributed by atoms with van der Waals surface area (Å²) in [5.74, 6) is 0. The highest BCUT2D eigenvalue weighted by atomic mass is 32.1. The minimum atomic E-state index is -0.479. The summed E-state index contributed by atoms with van der Waals surface area (Å²) in [6.45, 7) is 8.79. The molecule has 11 rings (SSSR count). The van der Waals surface area contributed by atoms with Crippen molar-refractivity contribution in [2.75, 3.05) is 0 Å². The van der Waals surface area contributed by atoms with Crippen LogP contribution in [0.5, 0.6) is 0 Å². The van der Waals surface area contributed by atoms with Crippen LogP contribution in [-0.2, 0) is 10.8 Å². The SMILES string of the molecule is Cc1ccc(C2(c3ccc(C)cc3)c3cc4c(cc3-c3cc5ccsc5cc32)C(c2ccc(C)cc2)(c2ccc(C)cc2)c2c-4sc3ccsc23)cc1. The molecule has 0 radical (unpaired) electrons. The standard InChI is InChI=1S/C50H36S3/c1-29-5-13-34(14-6-29)49(35-15-7-30(2)8-16-35)41-27-40-42(26-39(41)38-25-33-21-23-51-45(33)28-43(38)49)50(36-17-9-31(3)10-18-36,37-19-11-32(4)12-20-37)46-47(40)53-44-22-24-52-48(44)46/h5-28H,1-4H3. The quantitative estimate of drug-likeness (QED) is 0.169. The predicted octanol–water partition coefficient (Wildman–Crippen LogP) is 14.1. The van der Waals surface area contributed by atoms with E-state index in [1.807, 2.05) is 34.0 Å². The second-order valence-corrected chi connectivity index (χ2v) is 18.1. The van der Waals surface area contributed by atoms with Crippen molar-refractivity contribution in [1.82, 2.24) is 0 Å². The van der Waals surface area contributed by atoms with Gasteiger partial charge in [-0.1, -0.05) is 119 Å². The van der Waals surface area contributed by atoms with E-state index in [2.05, 4.69) is 172 Å². The Labute approximate surface area is 322 Å². The molecule has 2 aliphatic carbocycles. The van der Waals surface area contributed by atoms with Crippen molar-refractivity contribution in [3.63, 3.8) is 0 Å². The Morgan fingerprint density at radius 3 is 1.42 bits per heavy atom.